The summed E-state index contributed by atoms with van der Waals surface area (Å²) in [5.74, 6) is 0. The molecule has 0 fully saturated rings. The van der Waals surface area contributed by atoms with Crippen LogP contribution in [0.4, 0.5) is 0 Å². The summed E-state index contributed by atoms with van der Waals surface area (Å²) >= 11 is 5.91. The van der Waals surface area contributed by atoms with Crippen molar-refractivity contribution in [3.63, 3.8) is 0 Å². The molecule has 1 aromatic carbocycles. The molecule has 0 spiro atoms. The van der Waals surface area contributed by atoms with E-state index in [1.165, 1.54) is 9.13 Å². The molecule has 96 valence electrons. The van der Waals surface area contributed by atoms with Crippen molar-refractivity contribution in [2.75, 3.05) is 0 Å². The van der Waals surface area contributed by atoms with Gasteiger partial charge in [-0.25, -0.2) is 0 Å². The van der Waals surface area contributed by atoms with Crippen LogP contribution in [0.1, 0.15) is 23.0 Å². The Morgan fingerprint density at radius 1 is 1.44 bits per heavy atom. The highest BCUT2D eigenvalue weighted by Gasteiger charge is 2.16. The van der Waals surface area contributed by atoms with Crippen LogP contribution in [0.2, 0.25) is 0 Å². The molecule has 1 unspecified atom stereocenters. The molecule has 1 atom stereocenters. The van der Waals surface area contributed by atoms with E-state index in [1.807, 2.05) is 30.8 Å². The minimum Gasteiger partial charge on any atom is -0.324 e. The molecule has 0 aliphatic heterocycles. The number of benzene rings is 1. The topological polar surface area (TPSA) is 43.8 Å². The van der Waals surface area contributed by atoms with E-state index >= 15 is 0 Å². The molecule has 3 nitrogen and oxygen atoms in total. The first kappa shape index (κ1) is 14.0. The van der Waals surface area contributed by atoms with Crippen molar-refractivity contribution in [1.29, 1.82) is 0 Å². The van der Waals surface area contributed by atoms with Gasteiger partial charge in [0.1, 0.15) is 0 Å². The van der Waals surface area contributed by atoms with Gasteiger partial charge in [-0.1, -0.05) is 18.2 Å². The van der Waals surface area contributed by atoms with Crippen LogP contribution in [0.5, 0.6) is 0 Å². The average molecular weight is 420 g/mol. The first-order valence-corrected chi connectivity index (χ1v) is 7.56. The molecule has 5 heteroatoms. The number of nitrogens with zero attached hydrogens (tertiary/aromatic N) is 2. The van der Waals surface area contributed by atoms with Crippen LogP contribution in [0.15, 0.2) is 28.7 Å². The Hall–Kier alpha value is -0.400. The molecule has 0 saturated carbocycles. The molecule has 0 aliphatic rings. The summed E-state index contributed by atoms with van der Waals surface area (Å²) in [6, 6.07) is 8.22. The first-order valence-electron chi connectivity index (χ1n) is 5.68. The van der Waals surface area contributed by atoms with Crippen LogP contribution in [0, 0.1) is 10.5 Å². The average Bonchev–Trinajstić information content (AvgIpc) is 2.56. The zero-order valence-electron chi connectivity index (χ0n) is 10.3. The summed E-state index contributed by atoms with van der Waals surface area (Å²) < 4.78 is 4.17. The monoisotopic (exact) mass is 419 g/mol. The lowest BCUT2D eigenvalue weighted by Gasteiger charge is -2.14. The Balaban J connectivity index is 2.27. The fourth-order valence-corrected chi connectivity index (χ4v) is 3.28. The molecule has 0 amide bonds. The van der Waals surface area contributed by atoms with Gasteiger partial charge in [0.25, 0.3) is 0 Å². The molecule has 1 aromatic heterocycles. The van der Waals surface area contributed by atoms with Gasteiger partial charge in [0.05, 0.1) is 15.9 Å². The number of rotatable bonds is 3. The SMILES string of the molecule is Cc1nn(C)c(CC(N)c2ccccc2I)c1Br. The number of hydrogen-bond donors (Lipinski definition) is 1. The Labute approximate surface area is 129 Å². The van der Waals surface area contributed by atoms with Gasteiger partial charge in [0.2, 0.25) is 0 Å². The lowest BCUT2D eigenvalue weighted by molar-refractivity contribution is 0.636. The molecular weight excluding hydrogens is 405 g/mol. The lowest BCUT2D eigenvalue weighted by atomic mass is 10.0. The number of hydrogen-bond acceptors (Lipinski definition) is 2. The van der Waals surface area contributed by atoms with Gasteiger partial charge in [0, 0.05) is 23.1 Å². The molecule has 0 saturated heterocycles. The predicted octanol–water partition coefficient (Wildman–Crippen LogP) is 3.34. The zero-order chi connectivity index (χ0) is 13.3. The number of aryl methyl sites for hydroxylation is 2. The molecule has 1 heterocycles. The normalized spacial score (nSPS) is 12.7. The van der Waals surface area contributed by atoms with E-state index in [2.05, 4.69) is 55.8 Å². The van der Waals surface area contributed by atoms with E-state index < -0.39 is 0 Å². The minimum atomic E-state index is -0.0100. The van der Waals surface area contributed by atoms with Crippen molar-refractivity contribution in [3.05, 3.63) is 49.3 Å². The number of halogens is 2. The van der Waals surface area contributed by atoms with E-state index in [1.54, 1.807) is 0 Å². The second kappa shape index (κ2) is 5.71. The summed E-state index contributed by atoms with van der Waals surface area (Å²) in [6.45, 7) is 1.99. The highest BCUT2D eigenvalue weighted by atomic mass is 127. The number of nitrogens with two attached hydrogens (primary N) is 1. The van der Waals surface area contributed by atoms with Crippen LogP contribution >= 0.6 is 38.5 Å². The zero-order valence-corrected chi connectivity index (χ0v) is 14.1. The Bertz CT molecular complexity index is 565. The van der Waals surface area contributed by atoms with Crippen molar-refractivity contribution < 1.29 is 0 Å². The molecule has 2 N–H and O–H groups in total. The number of aromatic nitrogens is 2. The third-order valence-corrected chi connectivity index (χ3v) is 4.99. The van der Waals surface area contributed by atoms with Crippen molar-refractivity contribution in [2.45, 2.75) is 19.4 Å². The maximum Gasteiger partial charge on any atom is 0.0738 e. The summed E-state index contributed by atoms with van der Waals surface area (Å²) in [5, 5.41) is 4.39. The fraction of sp³-hybridized carbons (Fsp3) is 0.308. The highest BCUT2D eigenvalue weighted by Crippen LogP contribution is 2.26. The van der Waals surface area contributed by atoms with Gasteiger partial charge in [-0.2, -0.15) is 5.10 Å². The van der Waals surface area contributed by atoms with Gasteiger partial charge in [0.15, 0.2) is 0 Å². The van der Waals surface area contributed by atoms with Crippen molar-refractivity contribution >= 4 is 38.5 Å². The third kappa shape index (κ3) is 2.78. The van der Waals surface area contributed by atoms with Crippen molar-refractivity contribution in [3.8, 4) is 0 Å². The highest BCUT2D eigenvalue weighted by molar-refractivity contribution is 14.1. The summed E-state index contributed by atoms with van der Waals surface area (Å²) in [4.78, 5) is 0. The van der Waals surface area contributed by atoms with Gasteiger partial charge in [-0.05, 0) is 57.1 Å². The maximum absolute atomic E-state index is 6.31. The van der Waals surface area contributed by atoms with Crippen LogP contribution < -0.4 is 5.73 Å². The largest absolute Gasteiger partial charge is 0.324 e. The first-order chi connectivity index (χ1) is 8.50. The molecule has 0 bridgehead atoms. The Kier molecular flexibility index (Phi) is 4.45. The van der Waals surface area contributed by atoms with Crippen LogP contribution in [-0.2, 0) is 13.5 Å². The van der Waals surface area contributed by atoms with Crippen LogP contribution in [0.3, 0.4) is 0 Å². The fourth-order valence-electron chi connectivity index (χ4n) is 2.00. The molecule has 18 heavy (non-hydrogen) atoms. The van der Waals surface area contributed by atoms with E-state index in [0.717, 1.165) is 22.3 Å². The minimum absolute atomic E-state index is 0.0100. The maximum atomic E-state index is 6.31. The molecule has 2 rings (SSSR count). The third-order valence-electron chi connectivity index (χ3n) is 2.98. The van der Waals surface area contributed by atoms with Gasteiger partial charge >= 0.3 is 0 Å². The molecule has 2 aromatic rings. The van der Waals surface area contributed by atoms with Gasteiger partial charge in [-0.3, -0.25) is 4.68 Å². The van der Waals surface area contributed by atoms with Crippen molar-refractivity contribution in [1.82, 2.24) is 9.78 Å². The van der Waals surface area contributed by atoms with Crippen LogP contribution in [-0.4, -0.2) is 9.78 Å². The molecule has 0 aliphatic carbocycles. The summed E-state index contributed by atoms with van der Waals surface area (Å²) in [5.41, 5.74) is 9.63. The van der Waals surface area contributed by atoms with Gasteiger partial charge < -0.3 is 5.73 Å². The summed E-state index contributed by atoms with van der Waals surface area (Å²) in [7, 11) is 1.95. The van der Waals surface area contributed by atoms with Crippen LogP contribution in [0.25, 0.3) is 0 Å². The molecule has 0 radical (unpaired) electrons. The summed E-state index contributed by atoms with van der Waals surface area (Å²) in [6.07, 6.45) is 0.776. The predicted molar refractivity (Wildman–Crippen MR) is 85.4 cm³/mol. The van der Waals surface area contributed by atoms with E-state index in [4.69, 9.17) is 5.73 Å². The Morgan fingerprint density at radius 2 is 2.11 bits per heavy atom. The second-order valence-electron chi connectivity index (χ2n) is 4.30. The van der Waals surface area contributed by atoms with E-state index in [0.29, 0.717) is 0 Å². The standard InChI is InChI=1S/C13H15BrIN3/c1-8-13(14)12(18(2)17-8)7-11(16)9-5-3-4-6-10(9)15/h3-6,11H,7,16H2,1-2H3. The smallest absolute Gasteiger partial charge is 0.0738 e. The van der Waals surface area contributed by atoms with E-state index in [-0.39, 0.29) is 6.04 Å². The van der Waals surface area contributed by atoms with Crippen molar-refractivity contribution in [2.24, 2.45) is 12.8 Å². The lowest BCUT2D eigenvalue weighted by Crippen LogP contribution is -2.16. The Morgan fingerprint density at radius 3 is 2.67 bits per heavy atom. The second-order valence-corrected chi connectivity index (χ2v) is 6.26. The molecular formula is C13H15BrIN3. The van der Waals surface area contributed by atoms with E-state index in [9.17, 15) is 0 Å². The van der Waals surface area contributed by atoms with Gasteiger partial charge in [-0.15, -0.1) is 0 Å². The quantitative estimate of drug-likeness (QED) is 0.775.